The maximum atomic E-state index is 9.76. The molecule has 130 valence electrons. The lowest BCUT2D eigenvalue weighted by Crippen LogP contribution is -2.22. The Morgan fingerprint density at radius 2 is 2.00 bits per heavy atom. The van der Waals surface area contributed by atoms with Crippen molar-refractivity contribution in [3.63, 3.8) is 0 Å². The van der Waals surface area contributed by atoms with Crippen LogP contribution in [-0.2, 0) is 4.74 Å². The number of hydrogen-bond donors (Lipinski definition) is 2. The Kier molecular flexibility index (Phi) is 5.26. The SMILES string of the molecule is COC[C@H](C)Nc1ncc2c(C)ncc(C3CCC(O)CC3)c2n1. The number of nitrogens with one attached hydrogen (secondary N) is 1. The predicted octanol–water partition coefficient (Wildman–Crippen LogP) is 2.80. The molecule has 1 saturated carbocycles. The summed E-state index contributed by atoms with van der Waals surface area (Å²) in [5.41, 5.74) is 3.10. The zero-order valence-corrected chi connectivity index (χ0v) is 14.6. The number of aryl methyl sites for hydroxylation is 1. The van der Waals surface area contributed by atoms with Gasteiger partial charge in [-0.25, -0.2) is 9.97 Å². The molecular formula is C18H26N4O2. The third-order valence-corrected chi connectivity index (χ3v) is 4.78. The van der Waals surface area contributed by atoms with Crippen molar-refractivity contribution >= 4 is 16.9 Å². The zero-order valence-electron chi connectivity index (χ0n) is 14.6. The van der Waals surface area contributed by atoms with Crippen LogP contribution in [0.3, 0.4) is 0 Å². The van der Waals surface area contributed by atoms with Crippen LogP contribution in [0.25, 0.3) is 10.9 Å². The van der Waals surface area contributed by atoms with Gasteiger partial charge in [0.05, 0.1) is 18.2 Å². The Balaban J connectivity index is 1.94. The van der Waals surface area contributed by atoms with Crippen molar-refractivity contribution in [3.8, 4) is 0 Å². The average Bonchev–Trinajstić information content (AvgIpc) is 2.56. The topological polar surface area (TPSA) is 80.2 Å². The molecule has 3 rings (SSSR count). The third kappa shape index (κ3) is 3.65. The number of aliphatic hydroxyl groups excluding tert-OH is 1. The average molecular weight is 330 g/mol. The van der Waals surface area contributed by atoms with Gasteiger partial charge in [0.15, 0.2) is 0 Å². The Morgan fingerprint density at radius 3 is 2.71 bits per heavy atom. The largest absolute Gasteiger partial charge is 0.393 e. The summed E-state index contributed by atoms with van der Waals surface area (Å²) < 4.78 is 5.16. The summed E-state index contributed by atoms with van der Waals surface area (Å²) >= 11 is 0. The smallest absolute Gasteiger partial charge is 0.223 e. The lowest BCUT2D eigenvalue weighted by molar-refractivity contribution is 0.122. The molecular weight excluding hydrogens is 304 g/mol. The van der Waals surface area contributed by atoms with Gasteiger partial charge in [-0.2, -0.15) is 0 Å². The van der Waals surface area contributed by atoms with Crippen molar-refractivity contribution < 1.29 is 9.84 Å². The maximum Gasteiger partial charge on any atom is 0.223 e. The highest BCUT2D eigenvalue weighted by Gasteiger charge is 2.24. The van der Waals surface area contributed by atoms with Gasteiger partial charge in [0.2, 0.25) is 5.95 Å². The van der Waals surface area contributed by atoms with Crippen LogP contribution in [-0.4, -0.2) is 45.9 Å². The van der Waals surface area contributed by atoms with Crippen LogP contribution >= 0.6 is 0 Å². The molecule has 2 heterocycles. The Labute approximate surface area is 142 Å². The first kappa shape index (κ1) is 17.0. The molecule has 2 aromatic rings. The standard InChI is InChI=1S/C18H26N4O2/c1-11(10-24-3)21-18-20-8-15-12(2)19-9-16(17(15)22-18)13-4-6-14(23)7-5-13/h8-9,11,13-14,23H,4-7,10H2,1-3H3,(H,20,21,22)/t11-,13?,14?/m0/s1. The molecule has 0 aromatic carbocycles. The second kappa shape index (κ2) is 7.40. The van der Waals surface area contributed by atoms with Crippen molar-refractivity contribution in [2.45, 2.75) is 57.6 Å². The molecule has 0 spiro atoms. The van der Waals surface area contributed by atoms with E-state index in [9.17, 15) is 5.11 Å². The molecule has 1 fully saturated rings. The highest BCUT2D eigenvalue weighted by Crippen LogP contribution is 2.36. The molecule has 24 heavy (non-hydrogen) atoms. The molecule has 0 radical (unpaired) electrons. The molecule has 0 amide bonds. The number of ether oxygens (including phenoxy) is 1. The van der Waals surface area contributed by atoms with Gasteiger partial charge in [-0.15, -0.1) is 0 Å². The van der Waals surface area contributed by atoms with Crippen LogP contribution < -0.4 is 5.32 Å². The van der Waals surface area contributed by atoms with Gasteiger partial charge in [0.25, 0.3) is 0 Å². The lowest BCUT2D eigenvalue weighted by atomic mass is 9.82. The van der Waals surface area contributed by atoms with Crippen LogP contribution in [0.15, 0.2) is 12.4 Å². The Bertz CT molecular complexity index is 699. The minimum Gasteiger partial charge on any atom is -0.393 e. The number of aliphatic hydroxyl groups is 1. The number of rotatable bonds is 5. The van der Waals surface area contributed by atoms with Gasteiger partial charge < -0.3 is 15.2 Å². The molecule has 0 saturated heterocycles. The van der Waals surface area contributed by atoms with Gasteiger partial charge in [-0.1, -0.05) is 0 Å². The van der Waals surface area contributed by atoms with E-state index in [1.165, 1.54) is 5.56 Å². The first-order valence-electron chi connectivity index (χ1n) is 8.64. The summed E-state index contributed by atoms with van der Waals surface area (Å²) in [5.74, 6) is 1.03. The van der Waals surface area contributed by atoms with Crippen LogP contribution in [0.4, 0.5) is 5.95 Å². The maximum absolute atomic E-state index is 9.76. The van der Waals surface area contributed by atoms with E-state index in [2.05, 4.69) is 15.3 Å². The van der Waals surface area contributed by atoms with E-state index in [1.54, 1.807) is 7.11 Å². The quantitative estimate of drug-likeness (QED) is 0.877. The number of pyridine rings is 1. The molecule has 2 aromatic heterocycles. The van der Waals surface area contributed by atoms with E-state index in [-0.39, 0.29) is 12.1 Å². The lowest BCUT2D eigenvalue weighted by Gasteiger charge is -2.26. The second-order valence-corrected chi connectivity index (χ2v) is 6.76. The van der Waals surface area contributed by atoms with Crippen LogP contribution in [0.2, 0.25) is 0 Å². The van der Waals surface area contributed by atoms with Crippen molar-refractivity contribution in [2.75, 3.05) is 19.0 Å². The first-order valence-corrected chi connectivity index (χ1v) is 8.64. The van der Waals surface area contributed by atoms with Gasteiger partial charge >= 0.3 is 0 Å². The fraction of sp³-hybridized carbons (Fsp3) is 0.611. The number of fused-ring (bicyclic) bond motifs is 1. The highest BCUT2D eigenvalue weighted by molar-refractivity contribution is 5.84. The minimum atomic E-state index is -0.160. The number of anilines is 1. The van der Waals surface area contributed by atoms with Gasteiger partial charge in [-0.05, 0) is 45.4 Å². The molecule has 0 bridgehead atoms. The summed E-state index contributed by atoms with van der Waals surface area (Å²) in [6, 6.07) is 0.142. The van der Waals surface area contributed by atoms with E-state index in [1.807, 2.05) is 26.2 Å². The van der Waals surface area contributed by atoms with Crippen molar-refractivity contribution in [3.05, 3.63) is 23.7 Å². The normalized spacial score (nSPS) is 22.5. The van der Waals surface area contributed by atoms with Gasteiger partial charge in [-0.3, -0.25) is 4.98 Å². The second-order valence-electron chi connectivity index (χ2n) is 6.76. The minimum absolute atomic E-state index is 0.142. The predicted molar refractivity (Wildman–Crippen MR) is 94.2 cm³/mol. The van der Waals surface area contributed by atoms with Crippen molar-refractivity contribution in [2.24, 2.45) is 0 Å². The van der Waals surface area contributed by atoms with E-state index >= 15 is 0 Å². The first-order chi connectivity index (χ1) is 11.6. The molecule has 6 nitrogen and oxygen atoms in total. The summed E-state index contributed by atoms with van der Waals surface area (Å²) in [5, 5.41) is 14.0. The fourth-order valence-electron chi connectivity index (χ4n) is 3.43. The summed E-state index contributed by atoms with van der Waals surface area (Å²) in [6.07, 6.45) is 7.31. The van der Waals surface area contributed by atoms with Gasteiger partial charge in [0.1, 0.15) is 0 Å². The molecule has 1 aliphatic carbocycles. The zero-order chi connectivity index (χ0) is 17.1. The number of nitrogens with zero attached hydrogens (tertiary/aromatic N) is 3. The summed E-state index contributed by atoms with van der Waals surface area (Å²) in [4.78, 5) is 13.7. The molecule has 6 heteroatoms. The van der Waals surface area contributed by atoms with E-state index in [0.717, 1.165) is 42.3 Å². The van der Waals surface area contributed by atoms with E-state index in [4.69, 9.17) is 9.72 Å². The Morgan fingerprint density at radius 1 is 1.25 bits per heavy atom. The monoisotopic (exact) mass is 330 g/mol. The van der Waals surface area contributed by atoms with Crippen molar-refractivity contribution in [1.82, 2.24) is 15.0 Å². The fourth-order valence-corrected chi connectivity index (χ4v) is 3.43. The number of methoxy groups -OCH3 is 1. The molecule has 0 unspecified atom stereocenters. The van der Waals surface area contributed by atoms with E-state index in [0.29, 0.717) is 18.5 Å². The van der Waals surface area contributed by atoms with E-state index < -0.39 is 0 Å². The van der Waals surface area contributed by atoms with Crippen LogP contribution in [0.1, 0.15) is 49.8 Å². The molecule has 2 N–H and O–H groups in total. The number of hydrogen-bond acceptors (Lipinski definition) is 6. The molecule has 1 aliphatic rings. The van der Waals surface area contributed by atoms with Gasteiger partial charge in [0, 0.05) is 42.2 Å². The van der Waals surface area contributed by atoms with Crippen molar-refractivity contribution in [1.29, 1.82) is 0 Å². The molecule has 1 atom stereocenters. The van der Waals surface area contributed by atoms with Crippen LogP contribution in [0, 0.1) is 6.92 Å². The highest BCUT2D eigenvalue weighted by atomic mass is 16.5. The summed E-state index contributed by atoms with van der Waals surface area (Å²) in [6.45, 7) is 4.63. The third-order valence-electron chi connectivity index (χ3n) is 4.78. The Hall–Kier alpha value is -1.79. The van der Waals surface area contributed by atoms with Crippen LogP contribution in [0.5, 0.6) is 0 Å². The molecule has 0 aliphatic heterocycles. The number of aromatic nitrogens is 3. The summed E-state index contributed by atoms with van der Waals surface area (Å²) in [7, 11) is 1.68.